The van der Waals surface area contributed by atoms with Crippen LogP contribution in [-0.2, 0) is 4.79 Å². The van der Waals surface area contributed by atoms with E-state index in [4.69, 9.17) is 5.73 Å². The van der Waals surface area contributed by atoms with E-state index in [-0.39, 0.29) is 17.8 Å². The Morgan fingerprint density at radius 3 is 2.56 bits per heavy atom. The predicted molar refractivity (Wildman–Crippen MR) is 70.5 cm³/mol. The third-order valence-corrected chi connectivity index (χ3v) is 3.41. The Balaban J connectivity index is 2.76. The minimum Gasteiger partial charge on any atom is -0.348 e. The number of halogens is 1. The summed E-state index contributed by atoms with van der Waals surface area (Å²) in [7, 11) is 0. The van der Waals surface area contributed by atoms with Crippen molar-refractivity contribution < 1.29 is 9.18 Å². The van der Waals surface area contributed by atoms with E-state index in [0.29, 0.717) is 12.8 Å². The van der Waals surface area contributed by atoms with Gasteiger partial charge in [0.1, 0.15) is 5.82 Å². The summed E-state index contributed by atoms with van der Waals surface area (Å²) in [4.78, 5) is 12.1. The molecular formula is C14H21FN2O. The Kier molecular flexibility index (Phi) is 4.84. The first-order chi connectivity index (χ1) is 8.42. The molecule has 0 aliphatic rings. The zero-order valence-corrected chi connectivity index (χ0v) is 11.2. The quantitative estimate of drug-likeness (QED) is 0.846. The van der Waals surface area contributed by atoms with E-state index in [1.807, 2.05) is 20.8 Å². The van der Waals surface area contributed by atoms with Crippen molar-refractivity contribution in [2.24, 2.45) is 5.73 Å². The number of hydrogen-bond donors (Lipinski definition) is 2. The second-order valence-corrected chi connectivity index (χ2v) is 4.61. The van der Waals surface area contributed by atoms with Crippen molar-refractivity contribution >= 4 is 5.91 Å². The van der Waals surface area contributed by atoms with Crippen molar-refractivity contribution in [1.29, 1.82) is 0 Å². The van der Waals surface area contributed by atoms with E-state index in [9.17, 15) is 9.18 Å². The molecule has 0 aromatic heterocycles. The number of carbonyl (C=O) groups excluding carboxylic acids is 1. The first-order valence-electron chi connectivity index (χ1n) is 6.28. The van der Waals surface area contributed by atoms with Gasteiger partial charge < -0.3 is 11.1 Å². The lowest BCUT2D eigenvalue weighted by atomic mass is 9.92. The molecule has 1 amide bonds. The Morgan fingerprint density at radius 2 is 2.06 bits per heavy atom. The molecule has 0 fully saturated rings. The monoisotopic (exact) mass is 252 g/mol. The third-order valence-electron chi connectivity index (χ3n) is 3.41. The minimum absolute atomic E-state index is 0.190. The number of amides is 1. The Labute approximate surface area is 108 Å². The second-order valence-electron chi connectivity index (χ2n) is 4.61. The van der Waals surface area contributed by atoms with E-state index in [0.717, 1.165) is 5.56 Å². The molecule has 4 heteroatoms. The Morgan fingerprint density at radius 1 is 1.44 bits per heavy atom. The molecule has 0 spiro atoms. The summed E-state index contributed by atoms with van der Waals surface area (Å²) in [5, 5.41) is 2.84. The van der Waals surface area contributed by atoms with Gasteiger partial charge in [0.25, 0.3) is 0 Å². The Bertz CT molecular complexity index is 416. The molecule has 0 radical (unpaired) electrons. The van der Waals surface area contributed by atoms with Crippen LogP contribution in [0.2, 0.25) is 0 Å². The molecule has 3 N–H and O–H groups in total. The van der Waals surface area contributed by atoms with Gasteiger partial charge >= 0.3 is 0 Å². The topological polar surface area (TPSA) is 55.1 Å². The molecule has 100 valence electrons. The molecule has 0 saturated carbocycles. The largest absolute Gasteiger partial charge is 0.348 e. The lowest BCUT2D eigenvalue weighted by Gasteiger charge is -2.27. The zero-order valence-electron chi connectivity index (χ0n) is 11.2. The lowest BCUT2D eigenvalue weighted by molar-refractivity contribution is -0.127. The first-order valence-corrected chi connectivity index (χ1v) is 6.28. The maximum atomic E-state index is 13.1. The predicted octanol–water partition coefficient (Wildman–Crippen LogP) is 2.52. The lowest BCUT2D eigenvalue weighted by Crippen LogP contribution is -2.53. The number of nitrogens with one attached hydrogen (secondary N) is 1. The van der Waals surface area contributed by atoms with Gasteiger partial charge in [-0.3, -0.25) is 4.79 Å². The molecule has 0 aliphatic carbocycles. The van der Waals surface area contributed by atoms with Crippen LogP contribution in [-0.4, -0.2) is 11.4 Å². The van der Waals surface area contributed by atoms with Gasteiger partial charge in [-0.1, -0.05) is 26.0 Å². The number of hydrogen-bond acceptors (Lipinski definition) is 2. The van der Waals surface area contributed by atoms with E-state index in [2.05, 4.69) is 5.32 Å². The molecule has 0 aliphatic heterocycles. The molecule has 1 rings (SSSR count). The van der Waals surface area contributed by atoms with Gasteiger partial charge in [0.05, 0.1) is 11.6 Å². The molecule has 1 atom stereocenters. The summed E-state index contributed by atoms with van der Waals surface area (Å²) in [6.07, 6.45) is 1.15. The van der Waals surface area contributed by atoms with Crippen molar-refractivity contribution in [3.63, 3.8) is 0 Å². The fourth-order valence-electron chi connectivity index (χ4n) is 1.77. The molecule has 1 aromatic rings. The van der Waals surface area contributed by atoms with Gasteiger partial charge in [0.15, 0.2) is 0 Å². The molecular weight excluding hydrogens is 231 g/mol. The number of carbonyl (C=O) groups is 1. The van der Waals surface area contributed by atoms with Crippen LogP contribution in [0.3, 0.4) is 0 Å². The van der Waals surface area contributed by atoms with Crippen LogP contribution in [0.5, 0.6) is 0 Å². The summed E-state index contributed by atoms with van der Waals surface area (Å²) in [5.74, 6) is -0.497. The highest BCUT2D eigenvalue weighted by molar-refractivity contribution is 5.86. The van der Waals surface area contributed by atoms with Crippen molar-refractivity contribution in [2.75, 3.05) is 0 Å². The van der Waals surface area contributed by atoms with Crippen LogP contribution >= 0.6 is 0 Å². The van der Waals surface area contributed by atoms with Crippen LogP contribution in [0.4, 0.5) is 4.39 Å². The van der Waals surface area contributed by atoms with E-state index < -0.39 is 5.54 Å². The van der Waals surface area contributed by atoms with Gasteiger partial charge in [-0.25, -0.2) is 4.39 Å². The van der Waals surface area contributed by atoms with Crippen LogP contribution in [0.1, 0.15) is 45.2 Å². The highest BCUT2D eigenvalue weighted by atomic mass is 19.1. The minimum atomic E-state index is -0.846. The Hall–Kier alpha value is -1.42. The van der Waals surface area contributed by atoms with Gasteiger partial charge in [-0.2, -0.15) is 0 Å². The third kappa shape index (κ3) is 3.29. The fourth-order valence-corrected chi connectivity index (χ4v) is 1.77. The van der Waals surface area contributed by atoms with Gasteiger partial charge in [0, 0.05) is 0 Å². The zero-order chi connectivity index (χ0) is 13.8. The highest BCUT2D eigenvalue weighted by Gasteiger charge is 2.30. The molecule has 3 nitrogen and oxygen atoms in total. The van der Waals surface area contributed by atoms with E-state index >= 15 is 0 Å². The van der Waals surface area contributed by atoms with E-state index in [1.165, 1.54) is 12.1 Å². The SMILES string of the molecule is CCC(N)(CC)C(=O)N[C@H](C)c1cccc(F)c1. The number of rotatable bonds is 5. The van der Waals surface area contributed by atoms with E-state index in [1.54, 1.807) is 12.1 Å². The maximum Gasteiger partial charge on any atom is 0.240 e. The van der Waals surface area contributed by atoms with Gasteiger partial charge in [-0.15, -0.1) is 0 Å². The average Bonchev–Trinajstić information content (AvgIpc) is 2.37. The van der Waals surface area contributed by atoms with Crippen LogP contribution in [0.15, 0.2) is 24.3 Å². The average molecular weight is 252 g/mol. The van der Waals surface area contributed by atoms with Crippen molar-refractivity contribution in [3.05, 3.63) is 35.6 Å². The molecule has 1 aromatic carbocycles. The number of benzene rings is 1. The second kappa shape index (κ2) is 5.96. The van der Waals surface area contributed by atoms with Gasteiger partial charge in [0.2, 0.25) is 5.91 Å². The molecule has 0 heterocycles. The highest BCUT2D eigenvalue weighted by Crippen LogP contribution is 2.17. The molecule has 0 bridgehead atoms. The summed E-state index contributed by atoms with van der Waals surface area (Å²) in [6.45, 7) is 5.59. The summed E-state index contributed by atoms with van der Waals surface area (Å²) in [5.41, 5.74) is 5.90. The normalized spacial score (nSPS) is 13.2. The molecule has 0 unspecified atom stereocenters. The van der Waals surface area contributed by atoms with Crippen LogP contribution in [0, 0.1) is 5.82 Å². The standard InChI is InChI=1S/C14H21FN2O/c1-4-14(16,5-2)13(18)17-10(3)11-7-6-8-12(15)9-11/h6-10H,4-5,16H2,1-3H3,(H,17,18)/t10-/m1/s1. The van der Waals surface area contributed by atoms with Gasteiger partial charge in [-0.05, 0) is 37.5 Å². The number of nitrogens with two attached hydrogens (primary N) is 1. The summed E-state index contributed by atoms with van der Waals surface area (Å²) >= 11 is 0. The van der Waals surface area contributed by atoms with Crippen molar-refractivity contribution in [3.8, 4) is 0 Å². The summed E-state index contributed by atoms with van der Waals surface area (Å²) < 4.78 is 13.1. The first kappa shape index (κ1) is 14.6. The van der Waals surface area contributed by atoms with Crippen molar-refractivity contribution in [1.82, 2.24) is 5.32 Å². The van der Waals surface area contributed by atoms with Crippen molar-refractivity contribution in [2.45, 2.75) is 45.2 Å². The molecule has 0 saturated heterocycles. The maximum absolute atomic E-state index is 13.1. The summed E-state index contributed by atoms with van der Waals surface area (Å²) in [6, 6.07) is 5.95. The smallest absolute Gasteiger partial charge is 0.240 e. The van der Waals surface area contributed by atoms with Crippen LogP contribution < -0.4 is 11.1 Å². The fraction of sp³-hybridized carbons (Fsp3) is 0.500. The van der Waals surface area contributed by atoms with Crippen LogP contribution in [0.25, 0.3) is 0 Å². The molecule has 18 heavy (non-hydrogen) atoms.